The molecule has 98 valence electrons. The lowest BCUT2D eigenvalue weighted by Gasteiger charge is -2.09. The van der Waals surface area contributed by atoms with E-state index in [4.69, 9.17) is 5.73 Å². The summed E-state index contributed by atoms with van der Waals surface area (Å²) in [5.41, 5.74) is 5.08. The molecule has 0 bridgehead atoms. The molecule has 0 saturated carbocycles. The number of hydrogen-bond donors (Lipinski definition) is 2. The molecule has 0 aliphatic rings. The minimum atomic E-state index is -0.954. The molecule has 19 heavy (non-hydrogen) atoms. The Kier molecular flexibility index (Phi) is 3.28. The van der Waals surface area contributed by atoms with Crippen molar-refractivity contribution in [3.8, 4) is 0 Å². The maximum Gasteiger partial charge on any atom is 0.318 e. The van der Waals surface area contributed by atoms with E-state index < -0.39 is 11.9 Å². The number of carbonyl (C=O) groups excluding carboxylic acids is 2. The maximum absolute atomic E-state index is 12.2. The molecule has 0 spiro atoms. The van der Waals surface area contributed by atoms with E-state index in [-0.39, 0.29) is 12.1 Å². The quantitative estimate of drug-likeness (QED) is 0.786. The largest absolute Gasteiger partial charge is 0.351 e. The van der Waals surface area contributed by atoms with Gasteiger partial charge in [0, 0.05) is 0 Å². The van der Waals surface area contributed by atoms with Crippen molar-refractivity contribution in [3.63, 3.8) is 0 Å². The number of nitrogens with two attached hydrogens (primary N) is 1. The number of fused-ring (bicyclic) bond motifs is 1. The maximum atomic E-state index is 12.2. The number of urea groups is 1. The van der Waals surface area contributed by atoms with Gasteiger partial charge >= 0.3 is 6.03 Å². The summed E-state index contributed by atoms with van der Waals surface area (Å²) < 4.78 is 1.20. The molecule has 0 aliphatic heterocycles. The SMILES string of the molecule is Cc1nc2ccccc2c(=O)n1CC(=O)NC(N)=O. The van der Waals surface area contributed by atoms with E-state index in [0.717, 1.165) is 0 Å². The van der Waals surface area contributed by atoms with Crippen LogP contribution in [0.2, 0.25) is 0 Å². The molecule has 7 heteroatoms. The van der Waals surface area contributed by atoms with Crippen LogP contribution < -0.4 is 16.6 Å². The van der Waals surface area contributed by atoms with Gasteiger partial charge in [-0.2, -0.15) is 0 Å². The standard InChI is InChI=1S/C12H12N4O3/c1-7-14-9-5-3-2-4-8(9)11(18)16(7)6-10(17)15-12(13)19/h2-5H,6H2,1H3,(H3,13,15,17,19). The van der Waals surface area contributed by atoms with Gasteiger partial charge in [0.15, 0.2) is 0 Å². The van der Waals surface area contributed by atoms with E-state index in [1.165, 1.54) is 4.57 Å². The van der Waals surface area contributed by atoms with Crippen LogP contribution in [0.25, 0.3) is 10.9 Å². The highest BCUT2D eigenvalue weighted by atomic mass is 16.2. The van der Waals surface area contributed by atoms with E-state index in [0.29, 0.717) is 16.7 Å². The number of imide groups is 1. The number of carbonyl (C=O) groups is 2. The third-order valence-corrected chi connectivity index (χ3v) is 2.62. The Morgan fingerprint density at radius 3 is 2.74 bits per heavy atom. The first-order valence-corrected chi connectivity index (χ1v) is 5.54. The Morgan fingerprint density at radius 2 is 2.05 bits per heavy atom. The predicted molar refractivity (Wildman–Crippen MR) is 68.5 cm³/mol. The third kappa shape index (κ3) is 2.59. The van der Waals surface area contributed by atoms with Gasteiger partial charge in [0.2, 0.25) is 5.91 Å². The average Bonchev–Trinajstić information content (AvgIpc) is 2.33. The summed E-state index contributed by atoms with van der Waals surface area (Å²) in [5.74, 6) is -0.266. The van der Waals surface area contributed by atoms with Gasteiger partial charge in [0.25, 0.3) is 5.56 Å². The van der Waals surface area contributed by atoms with Crippen molar-refractivity contribution >= 4 is 22.8 Å². The van der Waals surface area contributed by atoms with Crippen molar-refractivity contribution in [3.05, 3.63) is 40.4 Å². The lowest BCUT2D eigenvalue weighted by molar-refractivity contribution is -0.120. The van der Waals surface area contributed by atoms with Gasteiger partial charge < -0.3 is 5.73 Å². The van der Waals surface area contributed by atoms with Crippen LogP contribution in [0.3, 0.4) is 0 Å². The molecule has 0 atom stereocenters. The van der Waals surface area contributed by atoms with Gasteiger partial charge in [0.1, 0.15) is 12.4 Å². The van der Waals surface area contributed by atoms with E-state index in [9.17, 15) is 14.4 Å². The Morgan fingerprint density at radius 1 is 1.37 bits per heavy atom. The highest BCUT2D eigenvalue weighted by Gasteiger charge is 2.12. The zero-order chi connectivity index (χ0) is 14.0. The van der Waals surface area contributed by atoms with Crippen LogP contribution in [0.5, 0.6) is 0 Å². The minimum absolute atomic E-state index is 0.300. The fourth-order valence-corrected chi connectivity index (χ4v) is 1.79. The van der Waals surface area contributed by atoms with Crippen molar-refractivity contribution in [1.29, 1.82) is 0 Å². The first-order valence-electron chi connectivity index (χ1n) is 5.54. The van der Waals surface area contributed by atoms with Crippen molar-refractivity contribution in [2.75, 3.05) is 0 Å². The van der Waals surface area contributed by atoms with E-state index in [2.05, 4.69) is 4.98 Å². The first kappa shape index (κ1) is 12.7. The summed E-state index contributed by atoms with van der Waals surface area (Å²) in [7, 11) is 0. The Balaban J connectivity index is 2.46. The monoisotopic (exact) mass is 260 g/mol. The Labute approximate surface area is 108 Å². The fourth-order valence-electron chi connectivity index (χ4n) is 1.79. The van der Waals surface area contributed by atoms with Crippen molar-refractivity contribution < 1.29 is 9.59 Å². The van der Waals surface area contributed by atoms with Crippen LogP contribution in [0, 0.1) is 6.92 Å². The molecule has 3 N–H and O–H groups in total. The molecule has 1 heterocycles. The van der Waals surface area contributed by atoms with Crippen molar-refractivity contribution in [2.45, 2.75) is 13.5 Å². The van der Waals surface area contributed by atoms with Crippen LogP contribution in [0.4, 0.5) is 4.79 Å². The molecule has 0 fully saturated rings. The molecule has 7 nitrogen and oxygen atoms in total. The first-order chi connectivity index (χ1) is 8.99. The highest BCUT2D eigenvalue weighted by molar-refractivity contribution is 5.93. The molecule has 0 unspecified atom stereocenters. The normalized spacial score (nSPS) is 10.4. The molecular weight excluding hydrogens is 248 g/mol. The number of aryl methyl sites for hydroxylation is 1. The van der Waals surface area contributed by atoms with Crippen molar-refractivity contribution in [2.24, 2.45) is 5.73 Å². The summed E-state index contributed by atoms with van der Waals surface area (Å²) in [6, 6.07) is 5.89. The van der Waals surface area contributed by atoms with Crippen LogP contribution >= 0.6 is 0 Å². The Bertz CT molecular complexity index is 720. The van der Waals surface area contributed by atoms with Crippen LogP contribution in [0.1, 0.15) is 5.82 Å². The van der Waals surface area contributed by atoms with E-state index in [1.807, 2.05) is 5.32 Å². The second-order valence-electron chi connectivity index (χ2n) is 3.98. The number of amides is 3. The molecule has 0 aliphatic carbocycles. The topological polar surface area (TPSA) is 107 Å². The lowest BCUT2D eigenvalue weighted by atomic mass is 10.2. The number of primary amides is 1. The highest BCUT2D eigenvalue weighted by Crippen LogP contribution is 2.07. The fraction of sp³-hybridized carbons (Fsp3) is 0.167. The lowest BCUT2D eigenvalue weighted by Crippen LogP contribution is -2.39. The molecule has 1 aromatic heterocycles. The number of aromatic nitrogens is 2. The molecule has 1 aromatic carbocycles. The zero-order valence-corrected chi connectivity index (χ0v) is 10.2. The summed E-state index contributed by atoms with van der Waals surface area (Å²) in [5, 5.41) is 2.32. The number of nitrogens with one attached hydrogen (secondary N) is 1. The van der Waals surface area contributed by atoms with Gasteiger partial charge in [-0.25, -0.2) is 9.78 Å². The second kappa shape index (κ2) is 4.89. The molecular formula is C12H12N4O3. The number of rotatable bonds is 2. The number of nitrogens with zero attached hydrogens (tertiary/aromatic N) is 2. The molecule has 0 saturated heterocycles. The predicted octanol–water partition coefficient (Wildman–Crippen LogP) is -0.100. The second-order valence-corrected chi connectivity index (χ2v) is 3.98. The zero-order valence-electron chi connectivity index (χ0n) is 10.2. The average molecular weight is 260 g/mol. The van der Waals surface area contributed by atoms with Gasteiger partial charge in [-0.3, -0.25) is 19.5 Å². The summed E-state index contributed by atoms with van der Waals surface area (Å²) in [6.45, 7) is 1.32. The molecule has 2 aromatic rings. The van der Waals surface area contributed by atoms with Crippen LogP contribution in [-0.4, -0.2) is 21.5 Å². The molecule has 3 amide bonds. The molecule has 0 radical (unpaired) electrons. The minimum Gasteiger partial charge on any atom is -0.351 e. The van der Waals surface area contributed by atoms with Crippen LogP contribution in [0.15, 0.2) is 29.1 Å². The van der Waals surface area contributed by atoms with Gasteiger partial charge in [-0.05, 0) is 19.1 Å². The number of hydrogen-bond acceptors (Lipinski definition) is 4. The van der Waals surface area contributed by atoms with Crippen LogP contribution in [-0.2, 0) is 11.3 Å². The van der Waals surface area contributed by atoms with E-state index in [1.54, 1.807) is 31.2 Å². The van der Waals surface area contributed by atoms with Gasteiger partial charge in [-0.1, -0.05) is 12.1 Å². The summed E-state index contributed by atoms with van der Waals surface area (Å²) >= 11 is 0. The van der Waals surface area contributed by atoms with Gasteiger partial charge in [0.05, 0.1) is 10.9 Å². The summed E-state index contributed by atoms with van der Waals surface area (Å²) in [6.07, 6.45) is 0. The number of benzene rings is 1. The van der Waals surface area contributed by atoms with Gasteiger partial charge in [-0.15, -0.1) is 0 Å². The number of para-hydroxylation sites is 1. The third-order valence-electron chi connectivity index (χ3n) is 2.62. The molecule has 2 rings (SSSR count). The van der Waals surface area contributed by atoms with E-state index >= 15 is 0 Å². The Hall–Kier alpha value is -2.70. The smallest absolute Gasteiger partial charge is 0.318 e. The van der Waals surface area contributed by atoms with Crippen molar-refractivity contribution in [1.82, 2.24) is 14.9 Å². The summed E-state index contributed by atoms with van der Waals surface area (Å²) in [4.78, 5) is 38.5.